The van der Waals surface area contributed by atoms with Crippen LogP contribution in [0.25, 0.3) is 0 Å². The molecule has 1 saturated heterocycles. The highest BCUT2D eigenvalue weighted by Gasteiger charge is 2.44. The minimum absolute atomic E-state index is 0.0723. The quantitative estimate of drug-likeness (QED) is 0.894. The summed E-state index contributed by atoms with van der Waals surface area (Å²) in [6.45, 7) is 2.77. The van der Waals surface area contributed by atoms with Gasteiger partial charge < -0.3 is 14.6 Å². The normalized spacial score (nSPS) is 19.0. The first-order chi connectivity index (χ1) is 10.7. The Balaban J connectivity index is 2.12. The highest BCUT2D eigenvalue weighted by molar-refractivity contribution is 5.79. The van der Waals surface area contributed by atoms with Crippen molar-refractivity contribution in [1.82, 2.24) is 14.9 Å². The Morgan fingerprint density at radius 1 is 1.48 bits per heavy atom. The number of nitrogens with one attached hydrogen (secondary N) is 1. The second kappa shape index (κ2) is 6.69. The van der Waals surface area contributed by atoms with Crippen molar-refractivity contribution in [1.29, 1.82) is 0 Å². The molecule has 0 radical (unpaired) electrons. The number of carbonyl (C=O) groups is 1. The maximum Gasteiger partial charge on any atom is 0.416 e. The molecular weight excluding hydrogens is 315 g/mol. The van der Waals surface area contributed by atoms with E-state index in [1.54, 1.807) is 6.92 Å². The lowest BCUT2D eigenvalue weighted by Gasteiger charge is -2.33. The van der Waals surface area contributed by atoms with Crippen molar-refractivity contribution in [3.05, 3.63) is 27.4 Å². The van der Waals surface area contributed by atoms with E-state index in [1.807, 2.05) is 6.92 Å². The van der Waals surface area contributed by atoms with Crippen LogP contribution in [0.5, 0.6) is 0 Å². The van der Waals surface area contributed by atoms with Gasteiger partial charge in [0, 0.05) is 24.2 Å². The van der Waals surface area contributed by atoms with Crippen LogP contribution < -0.4 is 5.56 Å². The third-order valence-electron chi connectivity index (χ3n) is 3.72. The van der Waals surface area contributed by atoms with Gasteiger partial charge in [0.15, 0.2) is 6.10 Å². The second-order valence-corrected chi connectivity index (χ2v) is 5.35. The molecular formula is C14H18F3N3O3. The number of ether oxygens (including phenoxy) is 1. The molecule has 0 saturated carbocycles. The van der Waals surface area contributed by atoms with Crippen molar-refractivity contribution >= 4 is 5.91 Å². The first-order valence-corrected chi connectivity index (χ1v) is 7.27. The summed E-state index contributed by atoms with van der Waals surface area (Å²) >= 11 is 0. The van der Waals surface area contributed by atoms with Crippen LogP contribution in [0.15, 0.2) is 4.79 Å². The predicted octanol–water partition coefficient (Wildman–Crippen LogP) is 0.973. The summed E-state index contributed by atoms with van der Waals surface area (Å²) in [5.74, 6) is -0.0330. The molecule has 1 amide bonds. The van der Waals surface area contributed by atoms with Crippen molar-refractivity contribution in [2.75, 3.05) is 19.7 Å². The maximum absolute atomic E-state index is 12.7. The van der Waals surface area contributed by atoms with E-state index >= 15 is 0 Å². The van der Waals surface area contributed by atoms with Crippen LogP contribution in [0.2, 0.25) is 0 Å². The predicted molar refractivity (Wildman–Crippen MR) is 75.1 cm³/mol. The molecule has 23 heavy (non-hydrogen) atoms. The number of aryl methyl sites for hydroxylation is 2. The van der Waals surface area contributed by atoms with Crippen LogP contribution in [0.1, 0.15) is 24.0 Å². The number of rotatable bonds is 3. The molecule has 0 aromatic carbocycles. The van der Waals surface area contributed by atoms with Gasteiger partial charge in [-0.05, 0) is 6.92 Å². The van der Waals surface area contributed by atoms with Gasteiger partial charge in [0.2, 0.25) is 5.91 Å². The average molecular weight is 333 g/mol. The number of aromatic amines is 1. The lowest BCUT2D eigenvalue weighted by Crippen LogP contribution is -2.51. The van der Waals surface area contributed by atoms with E-state index < -0.39 is 30.3 Å². The van der Waals surface area contributed by atoms with Crippen molar-refractivity contribution in [2.24, 2.45) is 0 Å². The zero-order valence-electron chi connectivity index (χ0n) is 12.9. The molecule has 0 unspecified atom stereocenters. The number of amides is 1. The molecule has 0 bridgehead atoms. The van der Waals surface area contributed by atoms with Crippen LogP contribution in [0.3, 0.4) is 0 Å². The largest absolute Gasteiger partial charge is 0.416 e. The Kier molecular flexibility index (Phi) is 5.08. The summed E-state index contributed by atoms with van der Waals surface area (Å²) in [5, 5.41) is 0. The van der Waals surface area contributed by atoms with E-state index in [1.165, 1.54) is 0 Å². The molecule has 1 atom stereocenters. The Hall–Kier alpha value is -1.90. The van der Waals surface area contributed by atoms with Gasteiger partial charge in [0.25, 0.3) is 5.56 Å². The molecule has 1 N–H and O–H groups in total. The first kappa shape index (κ1) is 17.5. The summed E-state index contributed by atoms with van der Waals surface area (Å²) in [4.78, 5) is 32.0. The lowest BCUT2D eigenvalue weighted by atomic mass is 10.1. The third kappa shape index (κ3) is 4.10. The van der Waals surface area contributed by atoms with Crippen molar-refractivity contribution < 1.29 is 22.7 Å². The van der Waals surface area contributed by atoms with E-state index in [0.717, 1.165) is 4.90 Å². The SMILES string of the molecule is CCc1nc(C)c(CC(=O)N2CCO[C@H](C(F)(F)F)C2)c(=O)[nH]1. The molecule has 1 fully saturated rings. The van der Waals surface area contributed by atoms with Crippen LogP contribution in [-0.4, -0.2) is 52.8 Å². The van der Waals surface area contributed by atoms with Gasteiger partial charge in [0.1, 0.15) is 5.82 Å². The Labute approximate surface area is 130 Å². The van der Waals surface area contributed by atoms with E-state index in [0.29, 0.717) is 17.9 Å². The van der Waals surface area contributed by atoms with E-state index in [2.05, 4.69) is 14.7 Å². The molecule has 1 aliphatic rings. The Bertz CT molecular complexity index is 642. The fraction of sp³-hybridized carbons (Fsp3) is 0.643. The van der Waals surface area contributed by atoms with Crippen LogP contribution in [0, 0.1) is 6.92 Å². The molecule has 1 aliphatic heterocycles. The zero-order chi connectivity index (χ0) is 17.2. The molecule has 0 spiro atoms. The topological polar surface area (TPSA) is 75.3 Å². The highest BCUT2D eigenvalue weighted by Crippen LogP contribution is 2.25. The van der Waals surface area contributed by atoms with Gasteiger partial charge in [-0.2, -0.15) is 13.2 Å². The van der Waals surface area contributed by atoms with Crippen molar-refractivity contribution in [3.63, 3.8) is 0 Å². The minimum Gasteiger partial charge on any atom is -0.365 e. The standard InChI is InChI=1S/C14H18F3N3O3/c1-3-11-18-8(2)9(13(22)19-11)6-12(21)20-4-5-23-10(7-20)14(15,16)17/h10H,3-7H2,1-2H3,(H,18,19,22)/t10-/m0/s1. The molecule has 6 nitrogen and oxygen atoms in total. The van der Waals surface area contributed by atoms with E-state index in [4.69, 9.17) is 0 Å². The molecule has 1 aromatic heterocycles. The van der Waals surface area contributed by atoms with E-state index in [-0.39, 0.29) is 25.1 Å². The molecule has 0 aliphatic carbocycles. The fourth-order valence-corrected chi connectivity index (χ4v) is 2.38. The number of hydrogen-bond donors (Lipinski definition) is 1. The van der Waals surface area contributed by atoms with Gasteiger partial charge in [-0.1, -0.05) is 6.92 Å². The van der Waals surface area contributed by atoms with Gasteiger partial charge in [-0.25, -0.2) is 4.98 Å². The molecule has 128 valence electrons. The van der Waals surface area contributed by atoms with Crippen molar-refractivity contribution in [2.45, 2.75) is 39.0 Å². The number of aromatic nitrogens is 2. The highest BCUT2D eigenvalue weighted by atomic mass is 19.4. The second-order valence-electron chi connectivity index (χ2n) is 5.35. The zero-order valence-corrected chi connectivity index (χ0v) is 12.9. The number of nitrogens with zero attached hydrogens (tertiary/aromatic N) is 2. The molecule has 2 heterocycles. The number of morpholine rings is 1. The van der Waals surface area contributed by atoms with Gasteiger partial charge in [0.05, 0.1) is 19.6 Å². The third-order valence-corrected chi connectivity index (χ3v) is 3.72. The molecule has 2 rings (SSSR count). The van der Waals surface area contributed by atoms with E-state index in [9.17, 15) is 22.8 Å². The first-order valence-electron chi connectivity index (χ1n) is 7.27. The minimum atomic E-state index is -4.52. The van der Waals surface area contributed by atoms with Crippen LogP contribution >= 0.6 is 0 Å². The molecule has 1 aromatic rings. The van der Waals surface area contributed by atoms with Gasteiger partial charge in [-0.15, -0.1) is 0 Å². The van der Waals surface area contributed by atoms with Gasteiger partial charge in [-0.3, -0.25) is 9.59 Å². The van der Waals surface area contributed by atoms with Crippen LogP contribution in [0.4, 0.5) is 13.2 Å². The Morgan fingerprint density at radius 3 is 2.74 bits per heavy atom. The summed E-state index contributed by atoms with van der Waals surface area (Å²) in [6.07, 6.45) is -6.24. The maximum atomic E-state index is 12.7. The summed E-state index contributed by atoms with van der Waals surface area (Å²) < 4.78 is 42.7. The monoisotopic (exact) mass is 333 g/mol. The fourth-order valence-electron chi connectivity index (χ4n) is 2.38. The number of carbonyl (C=O) groups excluding carboxylic acids is 1. The Morgan fingerprint density at radius 2 is 2.17 bits per heavy atom. The van der Waals surface area contributed by atoms with Crippen molar-refractivity contribution in [3.8, 4) is 0 Å². The average Bonchev–Trinajstić information content (AvgIpc) is 2.49. The number of alkyl halides is 3. The number of H-pyrrole nitrogens is 1. The summed E-state index contributed by atoms with van der Waals surface area (Å²) in [7, 11) is 0. The summed E-state index contributed by atoms with van der Waals surface area (Å²) in [6, 6.07) is 0. The number of halogens is 3. The number of hydrogen-bond acceptors (Lipinski definition) is 4. The van der Waals surface area contributed by atoms with Crippen LogP contribution in [-0.2, 0) is 22.4 Å². The lowest BCUT2D eigenvalue weighted by molar-refractivity contribution is -0.236. The summed E-state index contributed by atoms with van der Waals surface area (Å²) in [5.41, 5.74) is 0.171. The van der Waals surface area contributed by atoms with Gasteiger partial charge >= 0.3 is 6.18 Å². The molecule has 9 heteroatoms. The smallest absolute Gasteiger partial charge is 0.365 e.